The fourth-order valence-corrected chi connectivity index (χ4v) is 2.94. The van der Waals surface area contributed by atoms with Gasteiger partial charge in [-0.2, -0.15) is 0 Å². The number of methoxy groups -OCH3 is 1. The minimum atomic E-state index is 0.0747. The highest BCUT2D eigenvalue weighted by molar-refractivity contribution is 9.10. The van der Waals surface area contributed by atoms with Gasteiger partial charge in [0.05, 0.1) is 13.2 Å². The second kappa shape index (κ2) is 8.59. The summed E-state index contributed by atoms with van der Waals surface area (Å²) >= 11 is 3.56. The van der Waals surface area contributed by atoms with Crippen LogP contribution in [0.1, 0.15) is 24.1 Å². The van der Waals surface area contributed by atoms with E-state index in [1.807, 2.05) is 18.2 Å². The van der Waals surface area contributed by atoms with Crippen LogP contribution in [-0.4, -0.2) is 25.2 Å². The lowest BCUT2D eigenvalue weighted by molar-refractivity contribution is 0.410. The minimum Gasteiger partial charge on any atom is -0.508 e. The van der Waals surface area contributed by atoms with Gasteiger partial charge in [-0.15, -0.1) is 0 Å². The van der Waals surface area contributed by atoms with Crippen LogP contribution in [0.25, 0.3) is 0 Å². The van der Waals surface area contributed by atoms with Crippen LogP contribution in [0.4, 0.5) is 0 Å². The Hall–Kier alpha value is -2.21. The van der Waals surface area contributed by atoms with E-state index >= 15 is 0 Å². The molecule has 0 aliphatic carbocycles. The molecule has 1 unspecified atom stereocenters. The molecule has 0 aliphatic heterocycles. The Balaban J connectivity index is 2.02. The average molecular weight is 392 g/mol. The average Bonchev–Trinajstić information content (AvgIpc) is 2.60. The normalized spacial score (nSPS) is 12.6. The minimum absolute atomic E-state index is 0.0747. The summed E-state index contributed by atoms with van der Waals surface area (Å²) < 4.78 is 6.24. The highest BCUT2D eigenvalue weighted by Crippen LogP contribution is 2.24. The number of rotatable bonds is 5. The van der Waals surface area contributed by atoms with Crippen molar-refractivity contribution < 1.29 is 9.84 Å². The lowest BCUT2D eigenvalue weighted by Crippen LogP contribution is -2.38. The number of halogens is 1. The molecule has 128 valence electrons. The van der Waals surface area contributed by atoms with Crippen LogP contribution in [0.2, 0.25) is 0 Å². The zero-order valence-corrected chi connectivity index (χ0v) is 15.6. The summed E-state index contributed by atoms with van der Waals surface area (Å²) in [4.78, 5) is 4.24. The summed E-state index contributed by atoms with van der Waals surface area (Å²) in [6, 6.07) is 13.3. The van der Waals surface area contributed by atoms with Gasteiger partial charge < -0.3 is 20.5 Å². The molecule has 1 atom stereocenters. The predicted octanol–water partition coefficient (Wildman–Crippen LogP) is 3.59. The molecule has 6 heteroatoms. The number of nitrogens with one attached hydrogen (secondary N) is 2. The maximum absolute atomic E-state index is 9.95. The first-order valence-electron chi connectivity index (χ1n) is 7.62. The molecule has 0 spiro atoms. The van der Waals surface area contributed by atoms with Gasteiger partial charge in [0.15, 0.2) is 5.96 Å². The SMILES string of the molecule is CN=C(NCc1cc(OC)ccc1O)NC(C)c1ccccc1Br. The maximum atomic E-state index is 9.95. The zero-order valence-electron chi connectivity index (χ0n) is 14.0. The van der Waals surface area contributed by atoms with Crippen molar-refractivity contribution in [2.24, 2.45) is 4.99 Å². The van der Waals surface area contributed by atoms with Crippen LogP contribution in [0, 0.1) is 0 Å². The van der Waals surface area contributed by atoms with E-state index in [2.05, 4.69) is 44.5 Å². The molecule has 0 aliphatic rings. The Morgan fingerprint density at radius 3 is 2.71 bits per heavy atom. The summed E-state index contributed by atoms with van der Waals surface area (Å²) in [5, 5.41) is 16.5. The van der Waals surface area contributed by atoms with Crippen molar-refractivity contribution in [3.8, 4) is 11.5 Å². The van der Waals surface area contributed by atoms with E-state index in [-0.39, 0.29) is 11.8 Å². The Kier molecular flexibility index (Phi) is 6.49. The van der Waals surface area contributed by atoms with Gasteiger partial charge >= 0.3 is 0 Å². The Morgan fingerprint density at radius 1 is 1.29 bits per heavy atom. The number of aromatic hydroxyl groups is 1. The quantitative estimate of drug-likeness (QED) is 0.538. The molecule has 0 heterocycles. The number of guanidine groups is 1. The largest absolute Gasteiger partial charge is 0.508 e. The second-order valence-corrected chi connectivity index (χ2v) is 6.16. The van der Waals surface area contributed by atoms with E-state index in [9.17, 15) is 5.11 Å². The molecule has 0 aromatic heterocycles. The number of hydrogen-bond donors (Lipinski definition) is 3. The standard InChI is InChI=1S/C18H22BrN3O2/c1-12(15-6-4-5-7-16(15)19)22-18(20-2)21-11-13-10-14(24-3)8-9-17(13)23/h4-10,12,23H,11H2,1-3H3,(H2,20,21,22). The van der Waals surface area contributed by atoms with Crippen LogP contribution in [0.15, 0.2) is 51.9 Å². The van der Waals surface area contributed by atoms with Crippen molar-refractivity contribution in [3.63, 3.8) is 0 Å². The zero-order chi connectivity index (χ0) is 17.5. The number of phenols is 1. The summed E-state index contributed by atoms with van der Waals surface area (Å²) in [6.45, 7) is 2.50. The molecule has 0 fully saturated rings. The molecule has 0 saturated carbocycles. The van der Waals surface area contributed by atoms with Gasteiger partial charge in [0.25, 0.3) is 0 Å². The molecule has 0 amide bonds. The van der Waals surface area contributed by atoms with Gasteiger partial charge in [0.2, 0.25) is 0 Å². The molecule has 0 radical (unpaired) electrons. The molecule has 2 rings (SSSR count). The van der Waals surface area contributed by atoms with E-state index in [1.54, 1.807) is 32.4 Å². The van der Waals surface area contributed by atoms with Gasteiger partial charge in [0.1, 0.15) is 11.5 Å². The predicted molar refractivity (Wildman–Crippen MR) is 101 cm³/mol. The van der Waals surface area contributed by atoms with Crippen molar-refractivity contribution >= 4 is 21.9 Å². The van der Waals surface area contributed by atoms with E-state index in [0.717, 1.165) is 15.6 Å². The molecule has 0 saturated heterocycles. The smallest absolute Gasteiger partial charge is 0.191 e. The second-order valence-electron chi connectivity index (χ2n) is 5.31. The van der Waals surface area contributed by atoms with Crippen molar-refractivity contribution in [2.45, 2.75) is 19.5 Å². The molecular formula is C18H22BrN3O2. The fourth-order valence-electron chi connectivity index (χ4n) is 2.31. The summed E-state index contributed by atoms with van der Waals surface area (Å²) in [7, 11) is 3.32. The highest BCUT2D eigenvalue weighted by Gasteiger charge is 2.11. The van der Waals surface area contributed by atoms with Crippen molar-refractivity contribution in [1.29, 1.82) is 0 Å². The van der Waals surface area contributed by atoms with Crippen LogP contribution in [0.5, 0.6) is 11.5 Å². The summed E-state index contributed by atoms with van der Waals surface area (Å²) in [5.74, 6) is 1.58. The van der Waals surface area contributed by atoms with Gasteiger partial charge in [-0.05, 0) is 36.8 Å². The number of hydrogen-bond acceptors (Lipinski definition) is 3. The number of phenolic OH excluding ortho intramolecular Hbond substituents is 1. The van der Waals surface area contributed by atoms with Crippen molar-refractivity contribution in [1.82, 2.24) is 10.6 Å². The molecule has 2 aromatic rings. The van der Waals surface area contributed by atoms with E-state index in [0.29, 0.717) is 18.3 Å². The summed E-state index contributed by atoms with van der Waals surface area (Å²) in [5.41, 5.74) is 1.88. The Bertz CT molecular complexity index is 719. The lowest BCUT2D eigenvalue weighted by atomic mass is 10.1. The Morgan fingerprint density at radius 2 is 2.04 bits per heavy atom. The topological polar surface area (TPSA) is 65.9 Å². The number of aliphatic imine (C=N–C) groups is 1. The van der Waals surface area contributed by atoms with Gasteiger partial charge in [-0.25, -0.2) is 0 Å². The summed E-state index contributed by atoms with van der Waals surface area (Å²) in [6.07, 6.45) is 0. The first-order valence-corrected chi connectivity index (χ1v) is 8.42. The van der Waals surface area contributed by atoms with Crippen LogP contribution < -0.4 is 15.4 Å². The first-order chi connectivity index (χ1) is 11.5. The van der Waals surface area contributed by atoms with Crippen LogP contribution in [0.3, 0.4) is 0 Å². The molecule has 0 bridgehead atoms. The molecule has 2 aromatic carbocycles. The van der Waals surface area contributed by atoms with Crippen molar-refractivity contribution in [2.75, 3.05) is 14.2 Å². The lowest BCUT2D eigenvalue weighted by Gasteiger charge is -2.19. The monoisotopic (exact) mass is 391 g/mol. The van der Waals surface area contributed by atoms with E-state index in [1.165, 1.54) is 0 Å². The van der Waals surface area contributed by atoms with E-state index in [4.69, 9.17) is 4.74 Å². The van der Waals surface area contributed by atoms with E-state index < -0.39 is 0 Å². The molecule has 5 nitrogen and oxygen atoms in total. The third-order valence-corrected chi connectivity index (χ3v) is 4.40. The van der Waals surface area contributed by atoms with Gasteiger partial charge in [-0.3, -0.25) is 4.99 Å². The molecular weight excluding hydrogens is 370 g/mol. The number of ether oxygens (including phenoxy) is 1. The highest BCUT2D eigenvalue weighted by atomic mass is 79.9. The number of nitrogens with zero attached hydrogens (tertiary/aromatic N) is 1. The first kappa shape index (κ1) is 18.1. The van der Waals surface area contributed by atoms with Crippen molar-refractivity contribution in [3.05, 3.63) is 58.1 Å². The van der Waals surface area contributed by atoms with Crippen LogP contribution >= 0.6 is 15.9 Å². The molecule has 3 N–H and O–H groups in total. The Labute approximate surface area is 150 Å². The molecule has 24 heavy (non-hydrogen) atoms. The van der Waals surface area contributed by atoms with Gasteiger partial charge in [-0.1, -0.05) is 34.1 Å². The maximum Gasteiger partial charge on any atom is 0.191 e. The third-order valence-electron chi connectivity index (χ3n) is 3.68. The third kappa shape index (κ3) is 4.64. The number of benzene rings is 2. The van der Waals surface area contributed by atoms with Crippen LogP contribution in [-0.2, 0) is 6.54 Å². The fraction of sp³-hybridized carbons (Fsp3) is 0.278. The van der Waals surface area contributed by atoms with Gasteiger partial charge in [0, 0.05) is 23.6 Å².